The largest absolute Gasteiger partial charge is 0.458 e. The quantitative estimate of drug-likeness (QED) is 0.418. The number of epoxide rings is 1. The van der Waals surface area contributed by atoms with Gasteiger partial charge in [0.1, 0.15) is 16.9 Å². The Morgan fingerprint density at radius 3 is 2.63 bits per heavy atom. The maximum Gasteiger partial charge on any atom is 0.309 e. The molecular weight excluding hydrogens is 468 g/mol. The highest BCUT2D eigenvalue weighted by Gasteiger charge is 2.44. The van der Waals surface area contributed by atoms with Gasteiger partial charge in [0.05, 0.1) is 41.9 Å². The molecule has 0 unspecified atom stereocenters. The van der Waals surface area contributed by atoms with E-state index in [-0.39, 0.29) is 30.3 Å². The third-order valence-electron chi connectivity index (χ3n) is 7.52. The molecule has 1 aromatic heterocycles. The van der Waals surface area contributed by atoms with Crippen LogP contribution in [0.5, 0.6) is 0 Å². The zero-order valence-corrected chi connectivity index (χ0v) is 22.2. The number of cyclic esters (lactones) is 1. The van der Waals surface area contributed by atoms with Gasteiger partial charge in [0, 0.05) is 24.3 Å². The number of Topliss-reactive ketones (excluding diaryl/α,β-unsaturated/α-hetero) is 1. The van der Waals surface area contributed by atoms with Crippen LogP contribution in [0.25, 0.3) is 6.08 Å². The number of carbonyl (C=O) groups excluding carboxylic acids is 2. The molecule has 0 saturated carbocycles. The lowest BCUT2D eigenvalue weighted by Crippen LogP contribution is -2.45. The molecule has 2 aliphatic heterocycles. The second kappa shape index (κ2) is 11.6. The highest BCUT2D eigenvalue weighted by molar-refractivity contribution is 7.09. The minimum atomic E-state index is -1.24. The zero-order valence-electron chi connectivity index (χ0n) is 21.4. The van der Waals surface area contributed by atoms with Crippen LogP contribution in [0.2, 0.25) is 0 Å². The number of ether oxygens (including phenoxy) is 2. The van der Waals surface area contributed by atoms with Gasteiger partial charge in [0.25, 0.3) is 0 Å². The van der Waals surface area contributed by atoms with Crippen molar-refractivity contribution in [1.29, 1.82) is 0 Å². The van der Waals surface area contributed by atoms with Crippen molar-refractivity contribution in [3.05, 3.63) is 21.7 Å². The van der Waals surface area contributed by atoms with Crippen LogP contribution in [0.4, 0.5) is 0 Å². The Bertz CT molecular complexity index is 929. The Morgan fingerprint density at radius 2 is 1.97 bits per heavy atom. The van der Waals surface area contributed by atoms with E-state index in [9.17, 15) is 19.8 Å². The van der Waals surface area contributed by atoms with Crippen molar-refractivity contribution in [2.75, 3.05) is 0 Å². The average Bonchev–Trinajstić information content (AvgIpc) is 3.38. The van der Waals surface area contributed by atoms with Gasteiger partial charge >= 0.3 is 5.97 Å². The number of hydrogen-bond acceptors (Lipinski definition) is 9. The molecule has 2 fully saturated rings. The molecule has 0 radical (unpaired) electrons. The van der Waals surface area contributed by atoms with E-state index in [0.717, 1.165) is 35.5 Å². The van der Waals surface area contributed by atoms with Gasteiger partial charge in [-0.2, -0.15) is 0 Å². The van der Waals surface area contributed by atoms with E-state index in [4.69, 9.17) is 15.2 Å². The summed E-state index contributed by atoms with van der Waals surface area (Å²) in [5.74, 6) is -1.56. The van der Waals surface area contributed by atoms with E-state index < -0.39 is 35.6 Å². The fraction of sp³-hybridized carbons (Fsp3) is 0.731. The third-order valence-corrected chi connectivity index (χ3v) is 8.41. The summed E-state index contributed by atoms with van der Waals surface area (Å²) in [6, 6.07) is 0. The molecular formula is C26H40N2O6S. The average molecular weight is 509 g/mol. The molecule has 1 aromatic rings. The number of thiazole rings is 1. The number of aromatic nitrogens is 1. The maximum atomic E-state index is 13.2. The fourth-order valence-electron chi connectivity index (χ4n) is 4.82. The Kier molecular flexibility index (Phi) is 9.26. The first kappa shape index (κ1) is 27.9. The number of ketones is 1. The predicted octanol–water partition coefficient (Wildman–Crippen LogP) is 3.24. The first-order valence-electron chi connectivity index (χ1n) is 12.5. The summed E-state index contributed by atoms with van der Waals surface area (Å²) in [5, 5.41) is 24.3. The van der Waals surface area contributed by atoms with Gasteiger partial charge in [-0.05, 0) is 37.3 Å². The lowest BCUT2D eigenvalue weighted by Gasteiger charge is -2.34. The van der Waals surface area contributed by atoms with Crippen LogP contribution in [0.3, 0.4) is 0 Å². The number of aliphatic hydroxyl groups is 2. The van der Waals surface area contributed by atoms with Crippen molar-refractivity contribution >= 4 is 29.2 Å². The Morgan fingerprint density at radius 1 is 1.26 bits per heavy atom. The van der Waals surface area contributed by atoms with Gasteiger partial charge in [0.15, 0.2) is 0 Å². The van der Waals surface area contributed by atoms with E-state index in [2.05, 4.69) is 4.98 Å². The van der Waals surface area contributed by atoms with Crippen LogP contribution in [0, 0.1) is 17.3 Å². The van der Waals surface area contributed by atoms with Crippen molar-refractivity contribution in [3.8, 4) is 0 Å². The highest BCUT2D eigenvalue weighted by Crippen LogP contribution is 2.36. The topological polar surface area (TPSA) is 135 Å². The smallest absolute Gasteiger partial charge is 0.309 e. The summed E-state index contributed by atoms with van der Waals surface area (Å²) in [6.45, 7) is 9.14. The summed E-state index contributed by atoms with van der Waals surface area (Å²) >= 11 is 1.48. The van der Waals surface area contributed by atoms with Crippen molar-refractivity contribution in [1.82, 2.24) is 4.98 Å². The summed E-state index contributed by atoms with van der Waals surface area (Å²) in [7, 11) is 0. The zero-order chi connectivity index (χ0) is 25.9. The summed E-state index contributed by atoms with van der Waals surface area (Å²) in [6.07, 6.45) is 2.08. The molecule has 2 aliphatic rings. The number of rotatable bonds is 3. The van der Waals surface area contributed by atoms with Gasteiger partial charge < -0.3 is 25.4 Å². The first-order valence-corrected chi connectivity index (χ1v) is 13.4. The highest BCUT2D eigenvalue weighted by atomic mass is 32.1. The van der Waals surface area contributed by atoms with E-state index >= 15 is 0 Å². The van der Waals surface area contributed by atoms with Gasteiger partial charge in [-0.1, -0.05) is 34.1 Å². The Balaban J connectivity index is 1.81. The van der Waals surface area contributed by atoms with Gasteiger partial charge in [-0.15, -0.1) is 11.3 Å². The third kappa shape index (κ3) is 6.98. The van der Waals surface area contributed by atoms with Crippen LogP contribution in [0.15, 0.2) is 11.0 Å². The first-order chi connectivity index (χ1) is 16.4. The van der Waals surface area contributed by atoms with E-state index in [1.54, 1.807) is 20.8 Å². The monoisotopic (exact) mass is 508 g/mol. The van der Waals surface area contributed by atoms with Crippen LogP contribution in [0.1, 0.15) is 77.4 Å². The molecule has 2 saturated heterocycles. The Labute approximate surface area is 211 Å². The molecule has 0 bridgehead atoms. The maximum absolute atomic E-state index is 13.2. The van der Waals surface area contributed by atoms with Gasteiger partial charge in [-0.3, -0.25) is 9.59 Å². The summed E-state index contributed by atoms with van der Waals surface area (Å²) < 4.78 is 11.7. The summed E-state index contributed by atoms with van der Waals surface area (Å²) in [5.41, 5.74) is 6.06. The molecule has 0 aliphatic carbocycles. The van der Waals surface area contributed by atoms with Crippen LogP contribution < -0.4 is 5.73 Å². The lowest BCUT2D eigenvalue weighted by atomic mass is 9.73. The summed E-state index contributed by atoms with van der Waals surface area (Å²) in [4.78, 5) is 30.5. The van der Waals surface area contributed by atoms with Crippen LogP contribution >= 0.6 is 11.3 Å². The molecule has 7 atom stereocenters. The number of esters is 1. The number of fused-ring (bicyclic) bond motifs is 1. The van der Waals surface area contributed by atoms with Crippen molar-refractivity contribution in [3.63, 3.8) is 0 Å². The second-order valence-electron chi connectivity index (χ2n) is 10.7. The molecule has 4 N–H and O–H groups in total. The van der Waals surface area contributed by atoms with E-state index in [0.29, 0.717) is 13.0 Å². The van der Waals surface area contributed by atoms with Crippen LogP contribution in [-0.4, -0.2) is 57.5 Å². The number of nitrogens with zero attached hydrogens (tertiary/aromatic N) is 1. The minimum Gasteiger partial charge on any atom is -0.458 e. The van der Waals surface area contributed by atoms with Gasteiger partial charge in [-0.25, -0.2) is 4.98 Å². The van der Waals surface area contributed by atoms with E-state index in [1.165, 1.54) is 11.3 Å². The minimum absolute atomic E-state index is 0.0128. The molecule has 9 heteroatoms. The Hall–Kier alpha value is -1.65. The molecule has 8 nitrogen and oxygen atoms in total. The van der Waals surface area contributed by atoms with Crippen molar-refractivity contribution in [2.24, 2.45) is 23.0 Å². The number of carbonyl (C=O) groups is 2. The number of aliphatic hydroxyl groups excluding tert-OH is 2. The van der Waals surface area contributed by atoms with Crippen LogP contribution in [-0.2, 0) is 25.6 Å². The fourth-order valence-corrected chi connectivity index (χ4v) is 5.45. The van der Waals surface area contributed by atoms with E-state index in [1.807, 2.05) is 25.3 Å². The van der Waals surface area contributed by atoms with Crippen molar-refractivity contribution in [2.45, 2.75) is 104 Å². The lowest BCUT2D eigenvalue weighted by molar-refractivity contribution is -0.154. The molecule has 3 rings (SSSR count). The number of nitrogens with two attached hydrogens (primary N) is 1. The predicted molar refractivity (Wildman–Crippen MR) is 134 cm³/mol. The second-order valence-corrected chi connectivity index (χ2v) is 11.6. The standard InChI is InChI=1S/C26H40N2O6S/c1-14-7-6-8-18-20(33-18)10-19(15(2)9-17-13-35-22(12-27)28-17)34-23(30)11-21(29)26(4,5)25(32)16(3)24(14)31/h9,13-14,16,18-21,24,29,31H,6-8,10-12,27H2,1-5H3/t14-,16+,18+,19-,20-,21-,24-/m0/s1. The molecule has 3 heterocycles. The van der Waals surface area contributed by atoms with Gasteiger partial charge in [0.2, 0.25) is 0 Å². The molecule has 0 aromatic carbocycles. The molecule has 35 heavy (non-hydrogen) atoms. The molecule has 0 amide bonds. The SMILES string of the molecule is CC(=Cc1csc(CN)n1)[C@@H]1C[C@@H]2O[C@@H]2CCC[C@H](C)[C@H](O)[C@@H](C)C(=O)C(C)(C)[C@@H](O)CC(=O)O1. The molecule has 0 spiro atoms. The number of hydrogen-bond donors (Lipinski definition) is 3. The molecule has 196 valence electrons. The normalized spacial score (nSPS) is 35.3. The van der Waals surface area contributed by atoms with Crippen molar-refractivity contribution < 1.29 is 29.3 Å².